The summed E-state index contributed by atoms with van der Waals surface area (Å²) >= 11 is 0. The molecule has 1 unspecified atom stereocenters. The first kappa shape index (κ1) is 15.0. The molecule has 3 heteroatoms. The van der Waals surface area contributed by atoms with Gasteiger partial charge in [-0.3, -0.25) is 4.79 Å². The monoisotopic (exact) mass is 276 g/mol. The number of carbonyl (C=O) groups is 1. The zero-order valence-corrected chi connectivity index (χ0v) is 12.2. The Kier molecular flexibility index (Phi) is 4.48. The van der Waals surface area contributed by atoms with Gasteiger partial charge < -0.3 is 10.2 Å². The molecule has 3 nitrogen and oxygen atoms in total. The second kappa shape index (κ2) is 5.96. The number of rotatable bonds is 4. The lowest BCUT2D eigenvalue weighted by molar-refractivity contribution is -0.159. The molecular weight excluding hydrogens is 252 g/mol. The van der Waals surface area contributed by atoms with Gasteiger partial charge in [-0.25, -0.2) is 0 Å². The van der Waals surface area contributed by atoms with E-state index in [1.165, 1.54) is 5.56 Å². The maximum atomic E-state index is 11.4. The second-order valence-corrected chi connectivity index (χ2v) is 6.35. The van der Waals surface area contributed by atoms with Gasteiger partial charge in [0.05, 0.1) is 11.5 Å². The average molecular weight is 276 g/mol. The van der Waals surface area contributed by atoms with E-state index in [4.69, 9.17) is 0 Å². The highest BCUT2D eigenvalue weighted by atomic mass is 16.4. The minimum atomic E-state index is -1.05. The van der Waals surface area contributed by atoms with Crippen LogP contribution in [0.1, 0.15) is 51.0 Å². The molecule has 1 saturated carbocycles. The Morgan fingerprint density at radius 3 is 2.20 bits per heavy atom. The van der Waals surface area contributed by atoms with Crippen LogP contribution in [0.3, 0.4) is 0 Å². The van der Waals surface area contributed by atoms with Crippen LogP contribution in [0.5, 0.6) is 0 Å². The van der Waals surface area contributed by atoms with Crippen molar-refractivity contribution < 1.29 is 15.0 Å². The third kappa shape index (κ3) is 3.04. The summed E-state index contributed by atoms with van der Waals surface area (Å²) in [6, 6.07) is 10.3. The third-order valence-electron chi connectivity index (χ3n) is 4.63. The molecule has 1 aliphatic carbocycles. The summed E-state index contributed by atoms with van der Waals surface area (Å²) in [4.78, 5) is 11.4. The van der Waals surface area contributed by atoms with Crippen molar-refractivity contribution in [3.05, 3.63) is 35.9 Å². The molecule has 2 rings (SSSR count). The summed E-state index contributed by atoms with van der Waals surface area (Å²) in [5.74, 6) is -1.15. The Morgan fingerprint density at radius 2 is 1.75 bits per heavy atom. The molecule has 0 aliphatic heterocycles. The molecule has 1 aromatic carbocycles. The molecule has 1 aromatic rings. The number of carboxylic acids is 1. The summed E-state index contributed by atoms with van der Waals surface area (Å²) in [6.07, 6.45) is 2.86. The van der Waals surface area contributed by atoms with Crippen molar-refractivity contribution >= 4 is 5.97 Å². The normalized spacial score (nSPS) is 28.3. The van der Waals surface area contributed by atoms with Crippen molar-refractivity contribution in [2.75, 3.05) is 0 Å². The van der Waals surface area contributed by atoms with E-state index in [1.807, 2.05) is 32.0 Å². The van der Waals surface area contributed by atoms with E-state index < -0.39 is 17.5 Å². The fraction of sp³-hybridized carbons (Fsp3) is 0.588. The van der Waals surface area contributed by atoms with Gasteiger partial charge in [-0.2, -0.15) is 0 Å². The van der Waals surface area contributed by atoms with Crippen molar-refractivity contribution in [3.8, 4) is 0 Å². The van der Waals surface area contributed by atoms with Crippen LogP contribution in [0.25, 0.3) is 0 Å². The second-order valence-electron chi connectivity index (χ2n) is 6.35. The lowest BCUT2D eigenvalue weighted by Gasteiger charge is -2.41. The van der Waals surface area contributed by atoms with E-state index in [2.05, 4.69) is 12.1 Å². The lowest BCUT2D eigenvalue weighted by atomic mass is 9.67. The van der Waals surface area contributed by atoms with E-state index in [0.717, 1.165) is 12.8 Å². The first-order chi connectivity index (χ1) is 9.44. The molecule has 0 aromatic heterocycles. The van der Waals surface area contributed by atoms with Gasteiger partial charge in [0.25, 0.3) is 0 Å². The van der Waals surface area contributed by atoms with Gasteiger partial charge in [0, 0.05) is 0 Å². The van der Waals surface area contributed by atoms with Crippen LogP contribution < -0.4 is 0 Å². The Bertz CT molecular complexity index is 445. The van der Waals surface area contributed by atoms with E-state index in [-0.39, 0.29) is 5.92 Å². The van der Waals surface area contributed by atoms with Crippen LogP contribution in [-0.2, 0) is 4.79 Å². The number of hydrogen-bond acceptors (Lipinski definition) is 2. The van der Waals surface area contributed by atoms with Crippen LogP contribution in [0.4, 0.5) is 0 Å². The molecule has 0 spiro atoms. The van der Waals surface area contributed by atoms with Gasteiger partial charge in [-0.1, -0.05) is 44.2 Å². The quantitative estimate of drug-likeness (QED) is 0.885. The number of hydrogen-bond donors (Lipinski definition) is 2. The molecule has 0 amide bonds. The molecule has 1 atom stereocenters. The molecule has 110 valence electrons. The van der Waals surface area contributed by atoms with Crippen LogP contribution in [0, 0.1) is 11.8 Å². The molecular formula is C17H24O3. The highest BCUT2D eigenvalue weighted by Crippen LogP contribution is 2.43. The minimum Gasteiger partial charge on any atom is -0.481 e. The highest BCUT2D eigenvalue weighted by Gasteiger charge is 2.45. The fourth-order valence-electron chi connectivity index (χ4n) is 3.62. The SMILES string of the molecule is CC(C)C(C(=O)O)C1(O)CCC(c2ccccc2)CC1. The summed E-state index contributed by atoms with van der Waals surface area (Å²) in [5.41, 5.74) is 0.247. The van der Waals surface area contributed by atoms with Crippen LogP contribution in [-0.4, -0.2) is 21.8 Å². The molecule has 1 aliphatic rings. The van der Waals surface area contributed by atoms with Gasteiger partial charge in [0.1, 0.15) is 0 Å². The van der Waals surface area contributed by atoms with E-state index in [1.54, 1.807) is 0 Å². The van der Waals surface area contributed by atoms with Crippen LogP contribution in [0.15, 0.2) is 30.3 Å². The molecule has 20 heavy (non-hydrogen) atoms. The molecule has 0 saturated heterocycles. The first-order valence-corrected chi connectivity index (χ1v) is 7.44. The Labute approximate surface area is 120 Å². The summed E-state index contributed by atoms with van der Waals surface area (Å²) < 4.78 is 0. The zero-order valence-electron chi connectivity index (χ0n) is 12.2. The maximum Gasteiger partial charge on any atom is 0.309 e. The van der Waals surface area contributed by atoms with Crippen molar-refractivity contribution in [1.82, 2.24) is 0 Å². The lowest BCUT2D eigenvalue weighted by Crippen LogP contribution is -2.47. The van der Waals surface area contributed by atoms with Gasteiger partial charge in [-0.15, -0.1) is 0 Å². The van der Waals surface area contributed by atoms with Crippen molar-refractivity contribution in [2.24, 2.45) is 11.8 Å². The largest absolute Gasteiger partial charge is 0.481 e. The summed E-state index contributed by atoms with van der Waals surface area (Å²) in [5, 5.41) is 20.1. The van der Waals surface area contributed by atoms with Gasteiger partial charge in [0.2, 0.25) is 0 Å². The predicted molar refractivity (Wildman–Crippen MR) is 78.6 cm³/mol. The van der Waals surface area contributed by atoms with Crippen molar-refractivity contribution in [2.45, 2.75) is 51.0 Å². The first-order valence-electron chi connectivity index (χ1n) is 7.44. The van der Waals surface area contributed by atoms with Gasteiger partial charge in [-0.05, 0) is 43.1 Å². The van der Waals surface area contributed by atoms with Crippen molar-refractivity contribution in [3.63, 3.8) is 0 Å². The van der Waals surface area contributed by atoms with Gasteiger partial charge >= 0.3 is 5.97 Å². The van der Waals surface area contributed by atoms with Gasteiger partial charge in [0.15, 0.2) is 0 Å². The van der Waals surface area contributed by atoms with E-state index in [9.17, 15) is 15.0 Å². The third-order valence-corrected chi connectivity index (χ3v) is 4.63. The number of carboxylic acid groups (broad SMARTS) is 1. The van der Waals surface area contributed by atoms with E-state index in [0.29, 0.717) is 18.8 Å². The highest BCUT2D eigenvalue weighted by molar-refractivity contribution is 5.72. The molecule has 0 bridgehead atoms. The van der Waals surface area contributed by atoms with Crippen molar-refractivity contribution in [1.29, 1.82) is 0 Å². The Balaban J connectivity index is 2.08. The Morgan fingerprint density at radius 1 is 1.20 bits per heavy atom. The van der Waals surface area contributed by atoms with E-state index >= 15 is 0 Å². The predicted octanol–water partition coefficient (Wildman–Crippen LogP) is 3.43. The molecule has 0 heterocycles. The fourth-order valence-corrected chi connectivity index (χ4v) is 3.62. The molecule has 0 radical (unpaired) electrons. The maximum absolute atomic E-state index is 11.4. The number of aliphatic hydroxyl groups is 1. The number of aliphatic carboxylic acids is 1. The standard InChI is InChI=1S/C17H24O3/c1-12(2)15(16(18)19)17(20)10-8-14(9-11-17)13-6-4-3-5-7-13/h3-7,12,14-15,20H,8-11H2,1-2H3,(H,18,19). The zero-order chi connectivity index (χ0) is 14.8. The topological polar surface area (TPSA) is 57.5 Å². The van der Waals surface area contributed by atoms with Crippen LogP contribution >= 0.6 is 0 Å². The van der Waals surface area contributed by atoms with Crippen LogP contribution in [0.2, 0.25) is 0 Å². The average Bonchev–Trinajstić information content (AvgIpc) is 2.39. The summed E-state index contributed by atoms with van der Waals surface area (Å²) in [6.45, 7) is 3.75. The smallest absolute Gasteiger partial charge is 0.309 e. The Hall–Kier alpha value is -1.35. The summed E-state index contributed by atoms with van der Waals surface area (Å²) in [7, 11) is 0. The number of benzene rings is 1. The minimum absolute atomic E-state index is 0.0502. The molecule has 1 fully saturated rings. The molecule has 2 N–H and O–H groups in total.